The summed E-state index contributed by atoms with van der Waals surface area (Å²) < 4.78 is 4.57. The number of carbonyl (C=O) groups excluding carboxylic acids is 1. The number of hydrogen-bond acceptors (Lipinski definition) is 6. The average molecular weight is 290 g/mol. The molecule has 0 bridgehead atoms. The summed E-state index contributed by atoms with van der Waals surface area (Å²) in [7, 11) is 1.23. The number of nitrogens with two attached hydrogens (primary N) is 1. The average Bonchev–Trinajstić information content (AvgIpc) is 2.78. The first-order chi connectivity index (χ1) is 8.52. The predicted molar refractivity (Wildman–Crippen MR) is 66.7 cm³/mol. The molecule has 0 amide bonds. The first-order valence-corrected chi connectivity index (χ1v) is 5.71. The fourth-order valence-electron chi connectivity index (χ4n) is 1.47. The summed E-state index contributed by atoms with van der Waals surface area (Å²) in [4.78, 5) is 20.6. The molecule has 0 aromatic carbocycles. The third-order valence-corrected chi connectivity index (χ3v) is 2.97. The number of hydrogen-bond donors (Lipinski definition) is 1. The van der Waals surface area contributed by atoms with Crippen LogP contribution in [0.3, 0.4) is 0 Å². The monoisotopic (exact) mass is 289 g/mol. The lowest BCUT2D eigenvalue weighted by Crippen LogP contribution is -2.11. The van der Waals surface area contributed by atoms with Gasteiger partial charge in [0.1, 0.15) is 5.17 Å². The second-order valence-electron chi connectivity index (χ2n) is 3.56. The minimum Gasteiger partial charge on any atom is -0.464 e. The lowest BCUT2D eigenvalue weighted by Gasteiger charge is -2.11. The zero-order valence-electron chi connectivity index (χ0n) is 9.31. The van der Waals surface area contributed by atoms with E-state index in [0.717, 1.165) is 0 Å². The molecular weight excluding hydrogens is 281 g/mol. The quantitative estimate of drug-likeness (QED) is 0.843. The van der Waals surface area contributed by atoms with E-state index in [-0.39, 0.29) is 16.4 Å². The molecule has 2 rings (SSSR count). The third-order valence-electron chi connectivity index (χ3n) is 2.35. The highest BCUT2D eigenvalue weighted by molar-refractivity contribution is 6.65. The van der Waals surface area contributed by atoms with Crippen molar-refractivity contribution in [2.75, 3.05) is 12.8 Å². The fraction of sp³-hybridized carbons (Fsp3) is 0.300. The second kappa shape index (κ2) is 4.99. The number of nitrogens with zero attached hydrogens (tertiary/aromatic N) is 2. The van der Waals surface area contributed by atoms with Crippen molar-refractivity contribution in [2.24, 2.45) is 5.16 Å². The molecule has 1 unspecified atom stereocenters. The van der Waals surface area contributed by atoms with Gasteiger partial charge < -0.3 is 15.3 Å². The lowest BCUT2D eigenvalue weighted by atomic mass is 10.1. The summed E-state index contributed by atoms with van der Waals surface area (Å²) in [5, 5.41) is 3.97. The van der Waals surface area contributed by atoms with Crippen LogP contribution in [0, 0.1) is 0 Å². The Bertz CT molecular complexity index is 533. The van der Waals surface area contributed by atoms with Gasteiger partial charge in [-0.05, 0) is 6.07 Å². The second-order valence-corrected chi connectivity index (χ2v) is 4.37. The van der Waals surface area contributed by atoms with Crippen molar-refractivity contribution in [2.45, 2.75) is 12.5 Å². The Hall–Kier alpha value is -1.53. The van der Waals surface area contributed by atoms with E-state index in [0.29, 0.717) is 17.3 Å². The Morgan fingerprint density at radius 1 is 1.61 bits per heavy atom. The maximum absolute atomic E-state index is 11.5. The first kappa shape index (κ1) is 12.9. The van der Waals surface area contributed by atoms with Crippen molar-refractivity contribution in [3.05, 3.63) is 22.5 Å². The van der Waals surface area contributed by atoms with Gasteiger partial charge >= 0.3 is 5.97 Å². The van der Waals surface area contributed by atoms with Gasteiger partial charge in [-0.15, -0.1) is 0 Å². The number of rotatable bonds is 2. The normalized spacial score (nSPS) is 18.2. The third kappa shape index (κ3) is 2.34. The zero-order chi connectivity index (χ0) is 13.3. The van der Waals surface area contributed by atoms with Crippen molar-refractivity contribution < 1.29 is 14.4 Å². The first-order valence-electron chi connectivity index (χ1n) is 4.95. The lowest BCUT2D eigenvalue weighted by molar-refractivity contribution is 0.0589. The zero-order valence-corrected chi connectivity index (χ0v) is 10.8. The van der Waals surface area contributed by atoms with E-state index in [1.165, 1.54) is 13.2 Å². The molecule has 0 saturated carbocycles. The Labute approximate surface area is 113 Å². The van der Waals surface area contributed by atoms with Gasteiger partial charge in [-0.1, -0.05) is 28.4 Å². The van der Waals surface area contributed by atoms with Gasteiger partial charge in [-0.25, -0.2) is 9.78 Å². The Kier molecular flexibility index (Phi) is 3.58. The molecule has 6 nitrogen and oxygen atoms in total. The van der Waals surface area contributed by atoms with E-state index < -0.39 is 12.1 Å². The number of anilines is 1. The number of ether oxygens (including phenoxy) is 1. The van der Waals surface area contributed by atoms with Crippen LogP contribution in [0.5, 0.6) is 0 Å². The highest BCUT2D eigenvalue weighted by Crippen LogP contribution is 2.31. The predicted octanol–water partition coefficient (Wildman–Crippen LogP) is 2.12. The molecule has 1 aliphatic rings. The molecule has 0 radical (unpaired) electrons. The number of carbonyl (C=O) groups is 1. The molecule has 1 aliphatic heterocycles. The number of aromatic nitrogens is 1. The molecule has 96 valence electrons. The highest BCUT2D eigenvalue weighted by atomic mass is 35.5. The van der Waals surface area contributed by atoms with Gasteiger partial charge in [0.25, 0.3) is 0 Å². The van der Waals surface area contributed by atoms with Gasteiger partial charge in [-0.3, -0.25) is 0 Å². The van der Waals surface area contributed by atoms with E-state index in [9.17, 15) is 4.79 Å². The Morgan fingerprint density at radius 3 is 2.89 bits per heavy atom. The van der Waals surface area contributed by atoms with Crippen LogP contribution in [0.15, 0.2) is 11.2 Å². The van der Waals surface area contributed by atoms with Gasteiger partial charge in [-0.2, -0.15) is 0 Å². The van der Waals surface area contributed by atoms with Crippen molar-refractivity contribution in [1.82, 2.24) is 4.98 Å². The minimum atomic E-state index is -0.668. The van der Waals surface area contributed by atoms with E-state index in [4.69, 9.17) is 33.8 Å². The summed E-state index contributed by atoms with van der Waals surface area (Å²) in [5.41, 5.74) is 6.30. The summed E-state index contributed by atoms with van der Waals surface area (Å²) in [6, 6.07) is 1.52. The van der Waals surface area contributed by atoms with Crippen LogP contribution in [0.1, 0.15) is 28.7 Å². The van der Waals surface area contributed by atoms with E-state index in [1.807, 2.05) is 0 Å². The standard InChI is InChI=1S/C10H9Cl2N3O3/c1-17-10(16)9-8(12)4(13)2-5(14-9)6-3-7(11)15-18-6/h2,6H,3H2,1H3,(H2,13,14). The largest absolute Gasteiger partial charge is 0.464 e. The summed E-state index contributed by atoms with van der Waals surface area (Å²) in [6.07, 6.45) is -0.101. The molecule has 8 heteroatoms. The molecule has 0 spiro atoms. The molecule has 0 aliphatic carbocycles. The van der Waals surface area contributed by atoms with Crippen LogP contribution in [0.25, 0.3) is 0 Å². The molecule has 0 fully saturated rings. The number of nitrogen functional groups attached to an aromatic ring is 1. The molecule has 2 heterocycles. The maximum Gasteiger partial charge on any atom is 0.358 e. The Balaban J connectivity index is 2.38. The van der Waals surface area contributed by atoms with Gasteiger partial charge in [0, 0.05) is 6.42 Å². The van der Waals surface area contributed by atoms with E-state index >= 15 is 0 Å². The number of halogens is 2. The highest BCUT2D eigenvalue weighted by Gasteiger charge is 2.26. The topological polar surface area (TPSA) is 86.8 Å². The van der Waals surface area contributed by atoms with Gasteiger partial charge in [0.15, 0.2) is 11.8 Å². The van der Waals surface area contributed by atoms with Crippen LogP contribution in [-0.2, 0) is 9.57 Å². The molecular formula is C10H9Cl2N3O3. The van der Waals surface area contributed by atoms with Crippen LogP contribution < -0.4 is 5.73 Å². The molecule has 0 saturated heterocycles. The number of pyridine rings is 1. The van der Waals surface area contributed by atoms with Crippen LogP contribution in [0.2, 0.25) is 5.02 Å². The number of oxime groups is 1. The van der Waals surface area contributed by atoms with Gasteiger partial charge in [0.05, 0.1) is 23.5 Å². The Morgan fingerprint density at radius 2 is 2.33 bits per heavy atom. The molecule has 2 N–H and O–H groups in total. The smallest absolute Gasteiger partial charge is 0.358 e. The van der Waals surface area contributed by atoms with Crippen molar-refractivity contribution >= 4 is 40.0 Å². The molecule has 1 atom stereocenters. The molecule has 1 aromatic rings. The SMILES string of the molecule is COC(=O)c1nc(C2CC(Cl)=NO2)cc(N)c1Cl. The van der Waals surface area contributed by atoms with Crippen LogP contribution >= 0.6 is 23.2 Å². The number of methoxy groups -OCH3 is 1. The van der Waals surface area contributed by atoms with Crippen molar-refractivity contribution in [3.63, 3.8) is 0 Å². The van der Waals surface area contributed by atoms with E-state index in [1.54, 1.807) is 0 Å². The summed E-state index contributed by atoms with van der Waals surface area (Å²) in [6.45, 7) is 0. The molecule has 18 heavy (non-hydrogen) atoms. The fourth-order valence-corrected chi connectivity index (χ4v) is 1.83. The van der Waals surface area contributed by atoms with Crippen molar-refractivity contribution in [3.8, 4) is 0 Å². The molecule has 1 aromatic heterocycles. The van der Waals surface area contributed by atoms with Crippen LogP contribution in [-0.4, -0.2) is 23.2 Å². The minimum absolute atomic E-state index is 0.0515. The van der Waals surface area contributed by atoms with Gasteiger partial charge in [0.2, 0.25) is 0 Å². The number of esters is 1. The summed E-state index contributed by atoms with van der Waals surface area (Å²) in [5.74, 6) is -0.668. The van der Waals surface area contributed by atoms with Crippen LogP contribution in [0.4, 0.5) is 5.69 Å². The van der Waals surface area contributed by atoms with E-state index in [2.05, 4.69) is 14.9 Å². The van der Waals surface area contributed by atoms with Crippen molar-refractivity contribution in [1.29, 1.82) is 0 Å². The maximum atomic E-state index is 11.5. The summed E-state index contributed by atoms with van der Waals surface area (Å²) >= 11 is 11.6.